The molecule has 176 valence electrons. The van der Waals surface area contributed by atoms with Crippen molar-refractivity contribution in [3.63, 3.8) is 0 Å². The van der Waals surface area contributed by atoms with Crippen LogP contribution in [0.2, 0.25) is 0 Å². The van der Waals surface area contributed by atoms with Crippen molar-refractivity contribution in [1.82, 2.24) is 10.2 Å². The molecule has 1 aliphatic heterocycles. The van der Waals surface area contributed by atoms with E-state index in [1.54, 1.807) is 19.2 Å². The molecule has 0 unspecified atom stereocenters. The number of anilines is 2. The van der Waals surface area contributed by atoms with E-state index in [1.807, 2.05) is 12.1 Å². The zero-order valence-electron chi connectivity index (χ0n) is 19.0. The molecular weight excluding hydrogens is 424 g/mol. The van der Waals surface area contributed by atoms with Crippen LogP contribution in [-0.4, -0.2) is 76.2 Å². The highest BCUT2D eigenvalue weighted by molar-refractivity contribution is 6.39. The second-order valence-corrected chi connectivity index (χ2v) is 7.66. The Hall–Kier alpha value is -3.59. The van der Waals surface area contributed by atoms with Crippen molar-refractivity contribution < 1.29 is 23.9 Å². The highest BCUT2D eigenvalue weighted by Crippen LogP contribution is 2.20. The number of esters is 1. The van der Waals surface area contributed by atoms with Gasteiger partial charge in [0.1, 0.15) is 5.75 Å². The van der Waals surface area contributed by atoms with Crippen LogP contribution >= 0.6 is 0 Å². The first kappa shape index (κ1) is 24.1. The number of ether oxygens (including phenoxy) is 2. The van der Waals surface area contributed by atoms with Crippen molar-refractivity contribution in [2.45, 2.75) is 6.42 Å². The number of nitrogens with zero attached hydrogens (tertiary/aromatic N) is 2. The van der Waals surface area contributed by atoms with Crippen LogP contribution in [0.4, 0.5) is 11.4 Å². The lowest BCUT2D eigenvalue weighted by Crippen LogP contribution is -2.47. The number of piperazine rings is 1. The Labute approximate surface area is 193 Å². The van der Waals surface area contributed by atoms with E-state index in [9.17, 15) is 14.4 Å². The summed E-state index contributed by atoms with van der Waals surface area (Å²) in [5.41, 5.74) is 1.98. The first-order chi connectivity index (χ1) is 16.0. The van der Waals surface area contributed by atoms with Crippen molar-refractivity contribution in [3.05, 3.63) is 54.1 Å². The van der Waals surface area contributed by atoms with Crippen molar-refractivity contribution in [3.8, 4) is 5.75 Å². The van der Waals surface area contributed by atoms with Crippen molar-refractivity contribution in [1.29, 1.82) is 0 Å². The van der Waals surface area contributed by atoms with E-state index in [4.69, 9.17) is 4.74 Å². The highest BCUT2D eigenvalue weighted by Gasteiger charge is 2.18. The number of nitrogens with one attached hydrogen (secondary N) is 2. The van der Waals surface area contributed by atoms with E-state index < -0.39 is 17.8 Å². The van der Waals surface area contributed by atoms with E-state index in [0.29, 0.717) is 17.8 Å². The fraction of sp³-hybridized carbons (Fsp3) is 0.375. The molecule has 0 aromatic heterocycles. The lowest BCUT2D eigenvalue weighted by molar-refractivity contribution is -0.136. The van der Waals surface area contributed by atoms with Gasteiger partial charge in [-0.15, -0.1) is 0 Å². The summed E-state index contributed by atoms with van der Waals surface area (Å²) >= 11 is 0. The Morgan fingerprint density at radius 1 is 0.879 bits per heavy atom. The SMILES string of the molecule is COC(=O)c1ccc(NC(=O)C(=O)NCCCN2CCN(c3ccc(OC)cc3)CC2)cc1. The summed E-state index contributed by atoms with van der Waals surface area (Å²) in [6.07, 6.45) is 0.759. The summed E-state index contributed by atoms with van der Waals surface area (Å²) in [6, 6.07) is 14.2. The van der Waals surface area contributed by atoms with Crippen LogP contribution in [0.1, 0.15) is 16.8 Å². The van der Waals surface area contributed by atoms with E-state index in [2.05, 4.69) is 37.3 Å². The van der Waals surface area contributed by atoms with Gasteiger partial charge in [-0.25, -0.2) is 4.79 Å². The lowest BCUT2D eigenvalue weighted by atomic mass is 10.2. The minimum Gasteiger partial charge on any atom is -0.497 e. The van der Waals surface area contributed by atoms with Gasteiger partial charge in [0.15, 0.2) is 0 Å². The Kier molecular flexibility index (Phi) is 8.65. The molecule has 0 atom stereocenters. The maximum atomic E-state index is 12.1. The molecule has 2 amide bonds. The summed E-state index contributed by atoms with van der Waals surface area (Å²) in [4.78, 5) is 40.2. The monoisotopic (exact) mass is 454 g/mol. The van der Waals surface area contributed by atoms with E-state index >= 15 is 0 Å². The minimum atomic E-state index is -0.742. The van der Waals surface area contributed by atoms with Gasteiger partial charge in [-0.05, 0) is 61.5 Å². The standard InChI is InChI=1S/C24H30N4O5/c1-32-21-10-8-20(9-11-21)28-16-14-27(15-17-28)13-3-12-25-22(29)23(30)26-19-6-4-18(5-7-19)24(31)33-2/h4-11H,3,12-17H2,1-2H3,(H,25,29)(H,26,30). The summed E-state index contributed by atoms with van der Waals surface area (Å²) in [5.74, 6) is -1.04. The molecule has 0 bridgehead atoms. The molecule has 0 aliphatic carbocycles. The van der Waals surface area contributed by atoms with Gasteiger partial charge in [0.2, 0.25) is 0 Å². The van der Waals surface area contributed by atoms with Crippen molar-refractivity contribution in [2.24, 2.45) is 0 Å². The smallest absolute Gasteiger partial charge is 0.337 e. The third kappa shape index (κ3) is 6.95. The Bertz CT molecular complexity index is 938. The molecule has 2 aromatic carbocycles. The average Bonchev–Trinajstić information content (AvgIpc) is 2.87. The maximum Gasteiger partial charge on any atom is 0.337 e. The molecule has 1 fully saturated rings. The van der Waals surface area contributed by atoms with Gasteiger partial charge in [0.25, 0.3) is 0 Å². The average molecular weight is 455 g/mol. The Morgan fingerprint density at radius 3 is 2.15 bits per heavy atom. The van der Waals surface area contributed by atoms with Crippen LogP contribution in [-0.2, 0) is 14.3 Å². The molecular formula is C24H30N4O5. The van der Waals surface area contributed by atoms with Gasteiger partial charge in [0.05, 0.1) is 19.8 Å². The van der Waals surface area contributed by atoms with Crippen LogP contribution in [0.5, 0.6) is 5.75 Å². The first-order valence-corrected chi connectivity index (χ1v) is 10.9. The minimum absolute atomic E-state index is 0.366. The number of hydrogen-bond acceptors (Lipinski definition) is 7. The molecule has 1 heterocycles. The predicted octanol–water partition coefficient (Wildman–Crippen LogP) is 1.75. The molecule has 1 aliphatic rings. The van der Waals surface area contributed by atoms with Gasteiger partial charge >= 0.3 is 17.8 Å². The van der Waals surface area contributed by atoms with Gasteiger partial charge in [0, 0.05) is 44.1 Å². The number of carbonyl (C=O) groups is 3. The summed E-state index contributed by atoms with van der Waals surface area (Å²) < 4.78 is 9.84. The summed E-state index contributed by atoms with van der Waals surface area (Å²) in [5, 5.41) is 5.17. The quantitative estimate of drug-likeness (QED) is 0.356. The van der Waals surface area contributed by atoms with E-state index in [1.165, 1.54) is 24.9 Å². The van der Waals surface area contributed by atoms with Gasteiger partial charge in [-0.3, -0.25) is 14.5 Å². The zero-order valence-corrected chi connectivity index (χ0v) is 19.0. The van der Waals surface area contributed by atoms with Crippen LogP contribution in [0, 0.1) is 0 Å². The molecule has 9 heteroatoms. The topological polar surface area (TPSA) is 100 Å². The van der Waals surface area contributed by atoms with E-state index in [-0.39, 0.29) is 0 Å². The lowest BCUT2D eigenvalue weighted by Gasteiger charge is -2.36. The van der Waals surface area contributed by atoms with Crippen LogP contribution in [0.15, 0.2) is 48.5 Å². The maximum absolute atomic E-state index is 12.1. The fourth-order valence-corrected chi connectivity index (χ4v) is 3.60. The summed E-state index contributed by atoms with van der Waals surface area (Å²) in [6.45, 7) is 5.05. The molecule has 33 heavy (non-hydrogen) atoms. The normalized spacial score (nSPS) is 13.8. The number of hydrogen-bond donors (Lipinski definition) is 2. The molecule has 0 saturated carbocycles. The summed E-state index contributed by atoms with van der Waals surface area (Å²) in [7, 11) is 2.96. The zero-order chi connectivity index (χ0) is 23.6. The Morgan fingerprint density at radius 2 is 1.55 bits per heavy atom. The van der Waals surface area contributed by atoms with Gasteiger partial charge in [-0.1, -0.05) is 0 Å². The predicted molar refractivity (Wildman–Crippen MR) is 126 cm³/mol. The molecule has 2 N–H and O–H groups in total. The molecule has 3 rings (SSSR count). The van der Waals surface area contributed by atoms with Crippen molar-refractivity contribution in [2.75, 3.05) is 63.7 Å². The van der Waals surface area contributed by atoms with Gasteiger partial charge < -0.3 is 25.0 Å². The number of carbonyl (C=O) groups excluding carboxylic acids is 3. The first-order valence-electron chi connectivity index (χ1n) is 10.9. The molecule has 9 nitrogen and oxygen atoms in total. The number of amides is 2. The van der Waals surface area contributed by atoms with Crippen LogP contribution in [0.25, 0.3) is 0 Å². The second kappa shape index (κ2) is 11.9. The number of benzene rings is 2. The van der Waals surface area contributed by atoms with E-state index in [0.717, 1.165) is 44.9 Å². The molecule has 2 aromatic rings. The third-order valence-corrected chi connectivity index (χ3v) is 5.52. The van der Waals surface area contributed by atoms with Crippen molar-refractivity contribution >= 4 is 29.2 Å². The highest BCUT2D eigenvalue weighted by atomic mass is 16.5. The Balaban J connectivity index is 1.32. The third-order valence-electron chi connectivity index (χ3n) is 5.52. The number of rotatable bonds is 8. The van der Waals surface area contributed by atoms with Crippen LogP contribution in [0.3, 0.4) is 0 Å². The largest absolute Gasteiger partial charge is 0.497 e. The van der Waals surface area contributed by atoms with Gasteiger partial charge in [-0.2, -0.15) is 0 Å². The molecule has 0 radical (unpaired) electrons. The molecule has 0 spiro atoms. The fourth-order valence-electron chi connectivity index (χ4n) is 3.60. The number of methoxy groups -OCH3 is 2. The molecule has 1 saturated heterocycles. The van der Waals surface area contributed by atoms with Crippen LogP contribution < -0.4 is 20.3 Å². The second-order valence-electron chi connectivity index (χ2n) is 7.66.